The maximum atomic E-state index is 12.8. The predicted octanol–water partition coefficient (Wildman–Crippen LogP) is 5.26. The number of carbonyl (C=O) groups is 6. The lowest BCUT2D eigenvalue weighted by Crippen LogP contribution is -2.22. The van der Waals surface area contributed by atoms with Crippen LogP contribution in [0.3, 0.4) is 0 Å². The summed E-state index contributed by atoms with van der Waals surface area (Å²) < 4.78 is 30.8. The fourth-order valence-corrected chi connectivity index (χ4v) is 5.01. The molecule has 0 aromatic heterocycles. The van der Waals surface area contributed by atoms with Crippen molar-refractivity contribution in [3.63, 3.8) is 0 Å². The van der Waals surface area contributed by atoms with Crippen molar-refractivity contribution in [2.24, 2.45) is 0 Å². The highest BCUT2D eigenvalue weighted by Crippen LogP contribution is 2.21. The molecule has 0 bridgehead atoms. The zero-order chi connectivity index (χ0) is 38.7. The molecule has 0 aliphatic carbocycles. The minimum absolute atomic E-state index is 0.0401. The van der Waals surface area contributed by atoms with Gasteiger partial charge in [-0.05, 0) is 31.0 Å². The van der Waals surface area contributed by atoms with Crippen molar-refractivity contribution in [3.8, 4) is 0 Å². The number of rotatable bonds is 21. The Morgan fingerprint density at radius 2 is 0.833 bits per heavy atom. The van der Waals surface area contributed by atoms with E-state index < -0.39 is 48.9 Å². The number of benzene rings is 4. The van der Waals surface area contributed by atoms with E-state index in [9.17, 15) is 28.8 Å². The maximum absolute atomic E-state index is 12.8. The van der Waals surface area contributed by atoms with Crippen LogP contribution in [-0.4, -0.2) is 88.3 Å². The molecular weight excluding hydrogens is 696 g/mol. The van der Waals surface area contributed by atoms with Gasteiger partial charge in [0.1, 0.15) is 39.6 Å². The molecule has 12 heteroatoms. The van der Waals surface area contributed by atoms with Crippen LogP contribution in [0.4, 0.5) is 0 Å². The number of hydrogen-bond acceptors (Lipinski definition) is 12. The summed E-state index contributed by atoms with van der Waals surface area (Å²) in [5, 5.41) is 0. The van der Waals surface area contributed by atoms with Gasteiger partial charge in [-0.2, -0.15) is 0 Å². The molecule has 0 fully saturated rings. The average molecular weight is 739 g/mol. The molecule has 0 unspecified atom stereocenters. The van der Waals surface area contributed by atoms with E-state index in [0.717, 1.165) is 0 Å². The molecule has 0 radical (unpaired) electrons. The van der Waals surface area contributed by atoms with Gasteiger partial charge in [0.05, 0.1) is 25.0 Å². The van der Waals surface area contributed by atoms with Gasteiger partial charge in [0.2, 0.25) is 0 Å². The third-order valence-electron chi connectivity index (χ3n) is 8.09. The number of carbonyl (C=O) groups excluding carboxylic acids is 6. The van der Waals surface area contributed by atoms with E-state index in [0.29, 0.717) is 33.4 Å². The molecule has 4 aromatic rings. The van der Waals surface area contributed by atoms with Gasteiger partial charge in [-0.15, -0.1) is 0 Å². The molecule has 4 rings (SSSR count). The van der Waals surface area contributed by atoms with Crippen LogP contribution in [0.25, 0.3) is 0 Å². The predicted molar refractivity (Wildman–Crippen MR) is 195 cm³/mol. The SMILES string of the molecule is C[C@H](C(=O)OCCOCC(=O)OCCOC(=O)COCCOC(=O)[C@H](C)c1cccc(C(=O)c2ccccc2)c1)c1ccc(C(=O)c2ccccc2)cc1. The first-order chi connectivity index (χ1) is 26.1. The van der Waals surface area contributed by atoms with Crippen molar-refractivity contribution in [2.45, 2.75) is 25.7 Å². The smallest absolute Gasteiger partial charge is 0.332 e. The molecule has 12 nitrogen and oxygen atoms in total. The van der Waals surface area contributed by atoms with Crippen molar-refractivity contribution in [2.75, 3.05) is 52.9 Å². The Morgan fingerprint density at radius 3 is 1.33 bits per heavy atom. The van der Waals surface area contributed by atoms with Gasteiger partial charge in [0, 0.05) is 22.3 Å². The summed E-state index contributed by atoms with van der Waals surface area (Å²) in [7, 11) is 0. The van der Waals surface area contributed by atoms with Crippen molar-refractivity contribution in [1.29, 1.82) is 0 Å². The molecule has 0 saturated carbocycles. The molecule has 54 heavy (non-hydrogen) atoms. The molecule has 0 N–H and O–H groups in total. The van der Waals surface area contributed by atoms with E-state index in [4.69, 9.17) is 28.4 Å². The lowest BCUT2D eigenvalue weighted by atomic mass is 9.96. The summed E-state index contributed by atoms with van der Waals surface area (Å²) in [6.07, 6.45) is 0. The maximum Gasteiger partial charge on any atom is 0.332 e. The molecule has 0 heterocycles. The Hall–Kier alpha value is -5.98. The number of hydrogen-bond donors (Lipinski definition) is 0. The second-order valence-corrected chi connectivity index (χ2v) is 12.0. The largest absolute Gasteiger partial charge is 0.463 e. The fraction of sp³-hybridized carbons (Fsp3) is 0.286. The number of esters is 4. The summed E-state index contributed by atoms with van der Waals surface area (Å²) in [4.78, 5) is 74.1. The fourth-order valence-electron chi connectivity index (χ4n) is 5.01. The van der Waals surface area contributed by atoms with Gasteiger partial charge in [-0.25, -0.2) is 9.59 Å². The standard InChI is InChI=1S/C42H42O12/c1-29(31-16-18-34(19-17-31)39(45)32-10-5-3-6-11-32)41(47)53-22-20-49-27-37(43)51-24-25-52-38(44)28-50-21-23-54-42(48)30(2)35-14-9-15-36(26-35)40(46)33-12-7-4-8-13-33/h3-19,26,29-30H,20-25,27-28H2,1-2H3/t29-,30+/m0/s1. The van der Waals surface area contributed by atoms with Gasteiger partial charge in [-0.1, -0.05) is 103 Å². The normalized spacial score (nSPS) is 11.8. The van der Waals surface area contributed by atoms with E-state index in [1.165, 1.54) is 0 Å². The Balaban J connectivity index is 0.999. The van der Waals surface area contributed by atoms with Gasteiger partial charge in [0.15, 0.2) is 11.6 Å². The summed E-state index contributed by atoms with van der Waals surface area (Å²) in [5.41, 5.74) is 3.41. The molecule has 0 aliphatic heterocycles. The van der Waals surface area contributed by atoms with Crippen LogP contribution in [0.2, 0.25) is 0 Å². The van der Waals surface area contributed by atoms with Crippen LogP contribution in [0, 0.1) is 0 Å². The van der Waals surface area contributed by atoms with Gasteiger partial charge < -0.3 is 28.4 Å². The van der Waals surface area contributed by atoms with Gasteiger partial charge in [0.25, 0.3) is 0 Å². The highest BCUT2D eigenvalue weighted by Gasteiger charge is 2.20. The summed E-state index contributed by atoms with van der Waals surface area (Å²) in [6.45, 7) is 1.89. The molecule has 0 aliphatic rings. The number of ether oxygens (including phenoxy) is 6. The van der Waals surface area contributed by atoms with E-state index in [-0.39, 0.29) is 51.2 Å². The average Bonchev–Trinajstić information content (AvgIpc) is 3.21. The van der Waals surface area contributed by atoms with E-state index >= 15 is 0 Å². The summed E-state index contributed by atoms with van der Waals surface area (Å²) in [5.74, 6) is -3.86. The third-order valence-corrected chi connectivity index (χ3v) is 8.09. The number of ketones is 2. The Kier molecular flexibility index (Phi) is 16.3. The molecule has 4 aromatic carbocycles. The highest BCUT2D eigenvalue weighted by molar-refractivity contribution is 6.09. The Morgan fingerprint density at radius 1 is 0.426 bits per heavy atom. The first kappa shape index (κ1) is 40.8. The van der Waals surface area contributed by atoms with Crippen molar-refractivity contribution in [3.05, 3.63) is 143 Å². The molecule has 0 spiro atoms. The van der Waals surface area contributed by atoms with Crippen molar-refractivity contribution in [1.82, 2.24) is 0 Å². The summed E-state index contributed by atoms with van der Waals surface area (Å²) in [6, 6.07) is 31.3. The minimum atomic E-state index is -0.699. The van der Waals surface area contributed by atoms with Crippen molar-refractivity contribution < 1.29 is 57.2 Å². The molecule has 0 saturated heterocycles. The van der Waals surface area contributed by atoms with Crippen LogP contribution < -0.4 is 0 Å². The highest BCUT2D eigenvalue weighted by atomic mass is 16.6. The van der Waals surface area contributed by atoms with Crippen LogP contribution in [0.5, 0.6) is 0 Å². The van der Waals surface area contributed by atoms with Crippen LogP contribution in [0.15, 0.2) is 109 Å². The van der Waals surface area contributed by atoms with Crippen LogP contribution >= 0.6 is 0 Å². The monoisotopic (exact) mass is 738 g/mol. The quantitative estimate of drug-likeness (QED) is 0.0473. The molecule has 0 amide bonds. The van der Waals surface area contributed by atoms with E-state index in [1.54, 1.807) is 111 Å². The zero-order valence-electron chi connectivity index (χ0n) is 30.1. The molecular formula is C42H42O12. The topological polar surface area (TPSA) is 158 Å². The van der Waals surface area contributed by atoms with Crippen LogP contribution in [0.1, 0.15) is 68.7 Å². The van der Waals surface area contributed by atoms with E-state index in [1.807, 2.05) is 12.1 Å². The first-order valence-corrected chi connectivity index (χ1v) is 17.3. The van der Waals surface area contributed by atoms with Gasteiger partial charge in [-0.3, -0.25) is 19.2 Å². The molecule has 282 valence electrons. The van der Waals surface area contributed by atoms with Crippen LogP contribution in [-0.2, 0) is 47.6 Å². The second kappa shape index (κ2) is 21.5. The second-order valence-electron chi connectivity index (χ2n) is 12.0. The first-order valence-electron chi connectivity index (χ1n) is 17.3. The molecule has 2 atom stereocenters. The lowest BCUT2D eigenvalue weighted by Gasteiger charge is -2.13. The van der Waals surface area contributed by atoms with E-state index in [2.05, 4.69) is 0 Å². The summed E-state index contributed by atoms with van der Waals surface area (Å²) >= 11 is 0. The lowest BCUT2D eigenvalue weighted by molar-refractivity contribution is -0.159. The van der Waals surface area contributed by atoms with Gasteiger partial charge >= 0.3 is 23.9 Å². The minimum Gasteiger partial charge on any atom is -0.463 e. The van der Waals surface area contributed by atoms with Crippen molar-refractivity contribution >= 4 is 35.4 Å². The Bertz CT molecular complexity index is 1860. The Labute approximate surface area is 313 Å². The third kappa shape index (κ3) is 12.9. The zero-order valence-corrected chi connectivity index (χ0v) is 30.1.